The third-order valence-electron chi connectivity index (χ3n) is 6.45. The predicted octanol–water partition coefficient (Wildman–Crippen LogP) is 4.77. The number of rotatable bonds is 8. The van der Waals surface area contributed by atoms with E-state index in [1.165, 1.54) is 11.1 Å². The highest BCUT2D eigenvalue weighted by Gasteiger charge is 2.24. The van der Waals surface area contributed by atoms with Crippen molar-refractivity contribution in [3.63, 3.8) is 0 Å². The van der Waals surface area contributed by atoms with Crippen LogP contribution in [0.1, 0.15) is 23.1 Å². The monoisotopic (exact) mass is 468 g/mol. The number of carbonyl (C=O) groups excluding carboxylic acids is 1. The Morgan fingerprint density at radius 2 is 1.51 bits per heavy atom. The van der Waals surface area contributed by atoms with Gasteiger partial charge in [0.25, 0.3) is 0 Å². The van der Waals surface area contributed by atoms with E-state index in [-0.39, 0.29) is 12.3 Å². The van der Waals surface area contributed by atoms with Crippen LogP contribution in [-0.4, -0.2) is 44.1 Å². The molecule has 0 aliphatic carbocycles. The summed E-state index contributed by atoms with van der Waals surface area (Å²) >= 11 is 0. The number of methoxy groups -OCH3 is 1. The van der Waals surface area contributed by atoms with E-state index in [9.17, 15) is 4.79 Å². The topological polar surface area (TPSA) is 59.8 Å². The van der Waals surface area contributed by atoms with Gasteiger partial charge in [-0.05, 0) is 29.7 Å². The molecule has 1 fully saturated rings. The van der Waals surface area contributed by atoms with Crippen LogP contribution < -0.4 is 14.5 Å². The van der Waals surface area contributed by atoms with Gasteiger partial charge in [-0.15, -0.1) is 0 Å². The SMILES string of the molecule is COc1cc(N2CCN(C(=O)CC#N)CC2)cc(C)c1N(Cc1ccccc1)Cc1ccccc1. The van der Waals surface area contributed by atoms with Crippen LogP contribution in [-0.2, 0) is 17.9 Å². The van der Waals surface area contributed by atoms with Crippen LogP contribution in [0.15, 0.2) is 72.8 Å². The van der Waals surface area contributed by atoms with Gasteiger partial charge in [0.2, 0.25) is 5.91 Å². The van der Waals surface area contributed by atoms with Crippen LogP contribution in [0, 0.1) is 18.3 Å². The summed E-state index contributed by atoms with van der Waals surface area (Å²) in [5, 5.41) is 8.82. The lowest BCUT2D eigenvalue weighted by Gasteiger charge is -2.37. The third kappa shape index (κ3) is 5.93. The van der Waals surface area contributed by atoms with Crippen molar-refractivity contribution < 1.29 is 9.53 Å². The van der Waals surface area contributed by atoms with Gasteiger partial charge in [-0.2, -0.15) is 5.26 Å². The van der Waals surface area contributed by atoms with Gasteiger partial charge in [0, 0.05) is 51.0 Å². The van der Waals surface area contributed by atoms with Gasteiger partial charge in [0.15, 0.2) is 0 Å². The fourth-order valence-electron chi connectivity index (χ4n) is 4.69. The van der Waals surface area contributed by atoms with Crippen LogP contribution in [0.4, 0.5) is 11.4 Å². The second kappa shape index (κ2) is 11.4. The van der Waals surface area contributed by atoms with Gasteiger partial charge in [-0.25, -0.2) is 0 Å². The average molecular weight is 469 g/mol. The first-order valence-electron chi connectivity index (χ1n) is 12.0. The maximum absolute atomic E-state index is 12.1. The highest BCUT2D eigenvalue weighted by atomic mass is 16.5. The summed E-state index contributed by atoms with van der Waals surface area (Å²) in [5.41, 5.74) is 5.81. The number of amides is 1. The number of nitriles is 1. The Hall–Kier alpha value is -3.98. The van der Waals surface area contributed by atoms with Crippen molar-refractivity contribution in [3.8, 4) is 11.8 Å². The van der Waals surface area contributed by atoms with Crippen molar-refractivity contribution in [3.05, 3.63) is 89.5 Å². The highest BCUT2D eigenvalue weighted by Crippen LogP contribution is 2.38. The second-order valence-corrected chi connectivity index (χ2v) is 8.84. The molecule has 1 heterocycles. The smallest absolute Gasteiger partial charge is 0.236 e. The van der Waals surface area contributed by atoms with E-state index in [1.54, 1.807) is 12.0 Å². The molecule has 1 saturated heterocycles. The molecule has 4 rings (SSSR count). The number of ether oxygens (including phenoxy) is 1. The van der Waals surface area contributed by atoms with Crippen LogP contribution in [0.5, 0.6) is 5.75 Å². The number of hydrogen-bond acceptors (Lipinski definition) is 5. The fraction of sp³-hybridized carbons (Fsp3) is 0.310. The zero-order valence-electron chi connectivity index (χ0n) is 20.5. The Kier molecular flexibility index (Phi) is 7.89. The zero-order valence-corrected chi connectivity index (χ0v) is 20.5. The number of hydrogen-bond donors (Lipinski definition) is 0. The van der Waals surface area contributed by atoms with E-state index in [2.05, 4.69) is 77.4 Å². The minimum atomic E-state index is -0.0891. The summed E-state index contributed by atoms with van der Waals surface area (Å²) in [6.45, 7) is 6.39. The summed E-state index contributed by atoms with van der Waals surface area (Å²) < 4.78 is 5.94. The molecule has 6 nitrogen and oxygen atoms in total. The van der Waals surface area contributed by atoms with E-state index < -0.39 is 0 Å². The quantitative estimate of drug-likeness (QED) is 0.477. The number of nitrogens with zero attached hydrogens (tertiary/aromatic N) is 4. The Morgan fingerprint density at radius 1 is 0.943 bits per heavy atom. The van der Waals surface area contributed by atoms with Crippen molar-refractivity contribution in [2.75, 3.05) is 43.1 Å². The van der Waals surface area contributed by atoms with Gasteiger partial charge in [0.05, 0.1) is 18.9 Å². The molecule has 1 amide bonds. The molecule has 0 radical (unpaired) electrons. The lowest BCUT2D eigenvalue weighted by atomic mass is 10.1. The van der Waals surface area contributed by atoms with Gasteiger partial charge < -0.3 is 19.4 Å². The molecular weight excluding hydrogens is 436 g/mol. The molecule has 0 bridgehead atoms. The molecule has 0 atom stereocenters. The second-order valence-electron chi connectivity index (χ2n) is 8.84. The molecule has 0 aromatic heterocycles. The maximum atomic E-state index is 12.1. The van der Waals surface area contributed by atoms with Crippen LogP contribution in [0.2, 0.25) is 0 Å². The normalized spacial score (nSPS) is 13.3. The average Bonchev–Trinajstić information content (AvgIpc) is 2.89. The summed E-state index contributed by atoms with van der Waals surface area (Å²) in [6.07, 6.45) is -0.0553. The van der Waals surface area contributed by atoms with E-state index >= 15 is 0 Å². The molecule has 3 aromatic carbocycles. The van der Waals surface area contributed by atoms with Crippen molar-refractivity contribution in [2.24, 2.45) is 0 Å². The Balaban J connectivity index is 1.60. The number of benzene rings is 3. The van der Waals surface area contributed by atoms with Crippen LogP contribution in [0.3, 0.4) is 0 Å². The highest BCUT2D eigenvalue weighted by molar-refractivity contribution is 5.78. The van der Waals surface area contributed by atoms with E-state index in [4.69, 9.17) is 10.00 Å². The summed E-state index contributed by atoms with van der Waals surface area (Å²) in [6, 6.07) is 27.3. The molecule has 1 aliphatic heterocycles. The molecule has 0 N–H and O–H groups in total. The van der Waals surface area contributed by atoms with Gasteiger partial charge in [-0.3, -0.25) is 4.79 Å². The fourth-order valence-corrected chi connectivity index (χ4v) is 4.69. The molecule has 3 aromatic rings. The van der Waals surface area contributed by atoms with Crippen LogP contribution >= 0.6 is 0 Å². The first kappa shape index (κ1) is 24.2. The molecular formula is C29H32N4O2. The van der Waals surface area contributed by atoms with Crippen molar-refractivity contribution in [1.29, 1.82) is 5.26 Å². The number of aryl methyl sites for hydroxylation is 1. The maximum Gasteiger partial charge on any atom is 0.236 e. The van der Waals surface area contributed by atoms with E-state index in [0.717, 1.165) is 48.9 Å². The van der Waals surface area contributed by atoms with Crippen LogP contribution in [0.25, 0.3) is 0 Å². The minimum absolute atomic E-state index is 0.0553. The lowest BCUT2D eigenvalue weighted by Crippen LogP contribution is -2.48. The lowest BCUT2D eigenvalue weighted by molar-refractivity contribution is -0.130. The largest absolute Gasteiger partial charge is 0.494 e. The van der Waals surface area contributed by atoms with E-state index in [1.807, 2.05) is 18.2 Å². The summed E-state index contributed by atoms with van der Waals surface area (Å²) in [4.78, 5) is 18.5. The molecule has 0 unspecified atom stereocenters. The standard InChI is InChI=1S/C29H32N4O2/c1-23-19-26(31-15-17-32(18-16-31)28(34)13-14-30)20-27(35-2)29(23)33(21-24-9-5-3-6-10-24)22-25-11-7-4-8-12-25/h3-12,19-20H,13,15-18,21-22H2,1-2H3. The third-order valence-corrected chi connectivity index (χ3v) is 6.45. The van der Waals surface area contributed by atoms with Crippen molar-refractivity contribution in [1.82, 2.24) is 4.90 Å². The molecule has 1 aliphatic rings. The first-order valence-corrected chi connectivity index (χ1v) is 12.0. The Bertz CT molecular complexity index is 1130. The molecule has 35 heavy (non-hydrogen) atoms. The van der Waals surface area contributed by atoms with E-state index in [0.29, 0.717) is 13.1 Å². The predicted molar refractivity (Wildman–Crippen MR) is 140 cm³/mol. The Labute approximate surface area is 208 Å². The van der Waals surface area contributed by atoms with Crippen molar-refractivity contribution in [2.45, 2.75) is 26.4 Å². The first-order chi connectivity index (χ1) is 17.1. The summed E-state index contributed by atoms with van der Waals surface area (Å²) in [5.74, 6) is 0.753. The van der Waals surface area contributed by atoms with Gasteiger partial charge >= 0.3 is 0 Å². The summed E-state index contributed by atoms with van der Waals surface area (Å²) in [7, 11) is 1.73. The molecule has 0 saturated carbocycles. The molecule has 6 heteroatoms. The molecule has 0 spiro atoms. The minimum Gasteiger partial charge on any atom is -0.494 e. The van der Waals surface area contributed by atoms with Crippen molar-refractivity contribution >= 4 is 17.3 Å². The number of piperazine rings is 1. The zero-order chi connectivity index (χ0) is 24.6. The molecule has 180 valence electrons. The number of anilines is 2. The van der Waals surface area contributed by atoms with Gasteiger partial charge in [0.1, 0.15) is 12.2 Å². The number of carbonyl (C=O) groups is 1. The Morgan fingerprint density at radius 3 is 2.03 bits per heavy atom. The van der Waals surface area contributed by atoms with Gasteiger partial charge in [-0.1, -0.05) is 60.7 Å².